The molecule has 7 nitrogen and oxygen atoms in total. The molecule has 0 aliphatic carbocycles. The zero-order valence-electron chi connectivity index (χ0n) is 19.5. The Hall–Kier alpha value is -3.75. The summed E-state index contributed by atoms with van der Waals surface area (Å²) >= 11 is 1.80. The molecule has 1 aromatic carbocycles. The molecule has 0 radical (unpaired) electrons. The van der Waals surface area contributed by atoms with Crippen molar-refractivity contribution in [1.82, 2.24) is 20.6 Å². The Bertz CT molecular complexity index is 1290. The van der Waals surface area contributed by atoms with Gasteiger partial charge in [0.2, 0.25) is 0 Å². The molecular weight excluding hydrogens is 460 g/mol. The Morgan fingerprint density at radius 1 is 1.14 bits per heavy atom. The van der Waals surface area contributed by atoms with E-state index in [1.54, 1.807) is 11.3 Å². The highest BCUT2D eigenvalue weighted by Crippen LogP contribution is 2.27. The number of carboxylic acid groups (broad SMARTS) is 1. The topological polar surface area (TPSA) is 107 Å². The fourth-order valence-electron chi connectivity index (χ4n) is 3.94. The fourth-order valence-corrected chi connectivity index (χ4v) is 4.65. The van der Waals surface area contributed by atoms with Crippen LogP contribution in [0.1, 0.15) is 33.4 Å². The van der Waals surface area contributed by atoms with Crippen molar-refractivity contribution in [3.8, 4) is 22.5 Å². The Morgan fingerprint density at radius 2 is 2.00 bits per heavy atom. The zero-order chi connectivity index (χ0) is 24.6. The third-order valence-corrected chi connectivity index (χ3v) is 6.49. The number of pyridine rings is 1. The normalized spacial score (nSPS) is 12.3. The number of hydrogen-bond acceptors (Lipinski definition) is 5. The van der Waals surface area contributed by atoms with Crippen LogP contribution in [0.2, 0.25) is 0 Å². The lowest BCUT2D eigenvalue weighted by Gasteiger charge is -2.11. The van der Waals surface area contributed by atoms with Crippen molar-refractivity contribution in [1.29, 1.82) is 0 Å². The number of amides is 1. The number of aromatic amines is 1. The van der Waals surface area contributed by atoms with E-state index in [1.807, 2.05) is 18.3 Å². The molecule has 4 heterocycles. The second kappa shape index (κ2) is 11.6. The number of fused-ring (bicyclic) bond motifs is 1. The Morgan fingerprint density at radius 3 is 2.77 bits per heavy atom. The minimum atomic E-state index is -0.833. The van der Waals surface area contributed by atoms with Crippen LogP contribution in [0.3, 0.4) is 0 Å². The summed E-state index contributed by atoms with van der Waals surface area (Å²) in [6, 6.07) is 18.8. The molecule has 4 N–H and O–H groups in total. The van der Waals surface area contributed by atoms with E-state index in [0.29, 0.717) is 6.54 Å². The number of carbonyl (C=O) groups is 2. The second-order valence-electron chi connectivity index (χ2n) is 8.24. The van der Waals surface area contributed by atoms with E-state index < -0.39 is 5.97 Å². The van der Waals surface area contributed by atoms with Crippen LogP contribution < -0.4 is 10.6 Å². The minimum absolute atomic E-state index is 0.00249. The molecule has 0 fully saturated rings. The molecule has 0 spiro atoms. The van der Waals surface area contributed by atoms with Crippen LogP contribution in [0.25, 0.3) is 22.5 Å². The van der Waals surface area contributed by atoms with Gasteiger partial charge in [0.1, 0.15) is 0 Å². The maximum atomic E-state index is 12.1. The first-order chi connectivity index (χ1) is 17.0. The monoisotopic (exact) mass is 488 g/mol. The summed E-state index contributed by atoms with van der Waals surface area (Å²) < 4.78 is 0. The molecule has 1 amide bonds. The van der Waals surface area contributed by atoms with Crippen LogP contribution in [0, 0.1) is 0 Å². The number of carboxylic acids is 1. The summed E-state index contributed by atoms with van der Waals surface area (Å²) in [6.07, 6.45) is 3.72. The summed E-state index contributed by atoms with van der Waals surface area (Å²) in [4.78, 5) is 30.5. The number of benzene rings is 1. The van der Waals surface area contributed by atoms with E-state index in [-0.39, 0.29) is 5.91 Å². The van der Waals surface area contributed by atoms with E-state index in [4.69, 9.17) is 9.90 Å². The number of carbonyl (C=O) groups excluding carboxylic acids is 1. The molecular formula is C27H28N4O3S. The van der Waals surface area contributed by atoms with Crippen molar-refractivity contribution >= 4 is 23.2 Å². The lowest BCUT2D eigenvalue weighted by molar-refractivity contribution is -0.134. The van der Waals surface area contributed by atoms with E-state index in [1.165, 1.54) is 10.4 Å². The number of hydrogen-bond donors (Lipinski definition) is 4. The molecule has 0 saturated heterocycles. The maximum Gasteiger partial charge on any atom is 0.300 e. The number of rotatable bonds is 7. The van der Waals surface area contributed by atoms with E-state index in [2.05, 4.69) is 68.4 Å². The molecule has 180 valence electrons. The van der Waals surface area contributed by atoms with Gasteiger partial charge in [-0.3, -0.25) is 14.6 Å². The lowest BCUT2D eigenvalue weighted by Crippen LogP contribution is -2.31. The Kier molecular flexibility index (Phi) is 8.07. The maximum absolute atomic E-state index is 12.1. The third kappa shape index (κ3) is 6.65. The van der Waals surface area contributed by atoms with E-state index in [0.717, 1.165) is 66.6 Å². The van der Waals surface area contributed by atoms with Crippen molar-refractivity contribution < 1.29 is 14.7 Å². The number of aliphatic carboxylic acids is 1. The number of H-pyrrole nitrogens is 1. The Labute approximate surface area is 208 Å². The molecule has 0 saturated carbocycles. The largest absolute Gasteiger partial charge is 0.481 e. The van der Waals surface area contributed by atoms with Crippen molar-refractivity contribution in [2.24, 2.45) is 0 Å². The molecule has 1 aliphatic rings. The Balaban J connectivity index is 0.000000672. The molecule has 3 aromatic heterocycles. The first-order valence-corrected chi connectivity index (χ1v) is 12.4. The summed E-state index contributed by atoms with van der Waals surface area (Å²) in [5, 5.41) is 16.0. The van der Waals surface area contributed by atoms with E-state index >= 15 is 0 Å². The van der Waals surface area contributed by atoms with Crippen molar-refractivity contribution in [3.05, 3.63) is 87.9 Å². The highest BCUT2D eigenvalue weighted by molar-refractivity contribution is 7.09. The van der Waals surface area contributed by atoms with Crippen molar-refractivity contribution in [2.45, 2.75) is 26.3 Å². The first-order valence-electron chi connectivity index (χ1n) is 11.5. The lowest BCUT2D eigenvalue weighted by atomic mass is 10.0. The van der Waals surface area contributed by atoms with Crippen LogP contribution in [0.15, 0.2) is 66.2 Å². The molecule has 1 aliphatic heterocycles. The summed E-state index contributed by atoms with van der Waals surface area (Å²) in [5.41, 5.74) is 7.00. The predicted molar refractivity (Wildman–Crippen MR) is 139 cm³/mol. The standard InChI is InChI=1S/C25H24N4OS.C2H4O2/c30-25-21-15-24(29-22(21)8-11-28-25)19-6-10-27-23(14-19)18-4-1-3-17(13-18)16-26-9-7-20-5-2-12-31-20;1-2(3)4/h1-6,10,12-15,26,29H,7-9,11,16H2,(H,28,30);1H3,(H,3,4). The molecule has 8 heteroatoms. The summed E-state index contributed by atoms with van der Waals surface area (Å²) in [5.74, 6) is -0.836. The van der Waals surface area contributed by atoms with Crippen molar-refractivity contribution in [2.75, 3.05) is 13.1 Å². The summed E-state index contributed by atoms with van der Waals surface area (Å²) in [6.45, 7) is 3.56. The SMILES string of the molecule is CC(=O)O.O=C1NCCc2[nH]c(-c3ccnc(-c4cccc(CNCCc5cccs5)c4)c3)cc21. The van der Waals surface area contributed by atoms with Gasteiger partial charge in [-0.1, -0.05) is 24.3 Å². The molecule has 0 atom stereocenters. The number of thiophene rings is 1. The van der Waals surface area contributed by atoms with Crippen LogP contribution >= 0.6 is 11.3 Å². The highest BCUT2D eigenvalue weighted by atomic mass is 32.1. The quantitative estimate of drug-likeness (QED) is 0.286. The molecule has 0 unspecified atom stereocenters. The summed E-state index contributed by atoms with van der Waals surface area (Å²) in [7, 11) is 0. The first kappa shape index (κ1) is 24.4. The number of nitrogens with one attached hydrogen (secondary N) is 3. The van der Waals surface area contributed by atoms with Gasteiger partial charge in [0.05, 0.1) is 11.3 Å². The van der Waals surface area contributed by atoms with Gasteiger partial charge in [0.15, 0.2) is 0 Å². The van der Waals surface area contributed by atoms with Crippen LogP contribution in [-0.2, 0) is 24.2 Å². The van der Waals surface area contributed by atoms with Gasteiger partial charge in [0.25, 0.3) is 11.9 Å². The minimum Gasteiger partial charge on any atom is -0.481 e. The van der Waals surface area contributed by atoms with Gasteiger partial charge >= 0.3 is 0 Å². The van der Waals surface area contributed by atoms with E-state index in [9.17, 15) is 4.79 Å². The van der Waals surface area contributed by atoms with Crippen LogP contribution in [-0.4, -0.2) is 40.0 Å². The molecule has 5 rings (SSSR count). The zero-order valence-corrected chi connectivity index (χ0v) is 20.3. The highest BCUT2D eigenvalue weighted by Gasteiger charge is 2.20. The smallest absolute Gasteiger partial charge is 0.300 e. The molecule has 4 aromatic rings. The fraction of sp³-hybridized carbons (Fsp3) is 0.222. The number of aromatic nitrogens is 2. The van der Waals surface area contributed by atoms with Gasteiger partial charge in [-0.25, -0.2) is 0 Å². The predicted octanol–water partition coefficient (Wildman–Crippen LogP) is 4.51. The van der Waals surface area contributed by atoms with Crippen LogP contribution in [0.5, 0.6) is 0 Å². The number of nitrogens with zero attached hydrogens (tertiary/aromatic N) is 1. The molecule has 35 heavy (non-hydrogen) atoms. The van der Waals surface area contributed by atoms with Gasteiger partial charge < -0.3 is 20.7 Å². The van der Waals surface area contributed by atoms with Crippen LogP contribution in [0.4, 0.5) is 0 Å². The molecule has 0 bridgehead atoms. The van der Waals surface area contributed by atoms with Gasteiger partial charge in [-0.05, 0) is 47.7 Å². The van der Waals surface area contributed by atoms with Gasteiger partial charge in [-0.2, -0.15) is 0 Å². The third-order valence-electron chi connectivity index (χ3n) is 5.56. The van der Waals surface area contributed by atoms with Gasteiger partial charge in [0, 0.05) is 66.6 Å². The average Bonchev–Trinajstić information content (AvgIpc) is 3.53. The van der Waals surface area contributed by atoms with Crippen molar-refractivity contribution in [3.63, 3.8) is 0 Å². The second-order valence-corrected chi connectivity index (χ2v) is 9.27. The average molecular weight is 489 g/mol. The van der Waals surface area contributed by atoms with Gasteiger partial charge in [-0.15, -0.1) is 11.3 Å².